The lowest BCUT2D eigenvalue weighted by molar-refractivity contribution is 0.0937. The lowest BCUT2D eigenvalue weighted by atomic mass is 9.80. The van der Waals surface area contributed by atoms with Crippen LogP contribution < -0.4 is 10.6 Å². The van der Waals surface area contributed by atoms with E-state index in [1.165, 1.54) is 25.7 Å². The number of nitrogens with one attached hydrogen (secondary N) is 2. The minimum Gasteiger partial charge on any atom is -0.385 e. The van der Waals surface area contributed by atoms with Gasteiger partial charge in [-0.05, 0) is 43.4 Å². The molecule has 2 N–H and O–H groups in total. The lowest BCUT2D eigenvalue weighted by Crippen LogP contribution is -2.33. The highest BCUT2D eigenvalue weighted by molar-refractivity contribution is 6.31. The van der Waals surface area contributed by atoms with Crippen molar-refractivity contribution in [3.8, 4) is 0 Å². The molecule has 0 saturated heterocycles. The van der Waals surface area contributed by atoms with Crippen LogP contribution in [0.2, 0.25) is 5.02 Å². The predicted molar refractivity (Wildman–Crippen MR) is 89.1 cm³/mol. The summed E-state index contributed by atoms with van der Waals surface area (Å²) in [5.41, 5.74) is 1.48. The van der Waals surface area contributed by atoms with Gasteiger partial charge in [-0.2, -0.15) is 0 Å². The van der Waals surface area contributed by atoms with Crippen LogP contribution in [0.4, 0.5) is 5.69 Å². The third-order valence-electron chi connectivity index (χ3n) is 4.41. The van der Waals surface area contributed by atoms with Crippen LogP contribution in [0.1, 0.15) is 49.9 Å². The van der Waals surface area contributed by atoms with E-state index < -0.39 is 0 Å². The molecule has 2 unspecified atom stereocenters. The highest BCUT2D eigenvalue weighted by Gasteiger charge is 2.22. The average molecular weight is 309 g/mol. The molecule has 1 aromatic carbocycles. The van der Waals surface area contributed by atoms with Crippen molar-refractivity contribution in [2.45, 2.75) is 39.5 Å². The molecule has 1 aliphatic carbocycles. The Bertz CT molecular complexity index is 490. The van der Waals surface area contributed by atoms with Crippen LogP contribution in [0.25, 0.3) is 0 Å². The number of anilines is 1. The molecule has 1 amide bonds. The smallest absolute Gasteiger partial charge is 0.253 e. The summed E-state index contributed by atoms with van der Waals surface area (Å²) in [6, 6.07) is 5.41. The monoisotopic (exact) mass is 308 g/mol. The molecule has 4 heteroatoms. The molecule has 0 heterocycles. The number of carbonyl (C=O) groups is 1. The van der Waals surface area contributed by atoms with E-state index in [4.69, 9.17) is 11.6 Å². The van der Waals surface area contributed by atoms with E-state index in [0.29, 0.717) is 22.4 Å². The van der Waals surface area contributed by atoms with Crippen LogP contribution in [-0.2, 0) is 0 Å². The fourth-order valence-electron chi connectivity index (χ4n) is 3.06. The number of hydrogen-bond acceptors (Lipinski definition) is 2. The molecule has 3 nitrogen and oxygen atoms in total. The molecule has 2 atom stereocenters. The molecule has 0 bridgehead atoms. The summed E-state index contributed by atoms with van der Waals surface area (Å²) < 4.78 is 0. The Morgan fingerprint density at radius 3 is 2.81 bits per heavy atom. The number of carbonyl (C=O) groups excluding carboxylic acids is 1. The third kappa shape index (κ3) is 4.37. The average Bonchev–Trinajstić information content (AvgIpc) is 2.48. The maximum atomic E-state index is 12.4. The van der Waals surface area contributed by atoms with E-state index >= 15 is 0 Å². The van der Waals surface area contributed by atoms with E-state index in [9.17, 15) is 4.79 Å². The van der Waals surface area contributed by atoms with Gasteiger partial charge in [0.05, 0.1) is 5.56 Å². The Morgan fingerprint density at radius 2 is 2.10 bits per heavy atom. The third-order valence-corrected chi connectivity index (χ3v) is 4.64. The molecule has 1 aromatic rings. The maximum Gasteiger partial charge on any atom is 0.253 e. The maximum absolute atomic E-state index is 12.4. The van der Waals surface area contributed by atoms with Gasteiger partial charge in [-0.25, -0.2) is 0 Å². The molecule has 2 rings (SSSR count). The standard InChI is InChI=1S/C17H25ClN2O/c1-3-19-16-9-8-14(18)10-15(16)17(21)20-11-13-7-5-4-6-12(13)2/h8-10,12-13,19H,3-7,11H2,1-2H3,(H,20,21). The first-order valence-corrected chi connectivity index (χ1v) is 8.31. The van der Waals surface area contributed by atoms with Crippen molar-refractivity contribution < 1.29 is 4.79 Å². The topological polar surface area (TPSA) is 41.1 Å². The van der Waals surface area contributed by atoms with Crippen molar-refractivity contribution in [3.63, 3.8) is 0 Å². The first-order valence-electron chi connectivity index (χ1n) is 7.93. The van der Waals surface area contributed by atoms with Gasteiger partial charge in [0.1, 0.15) is 0 Å². The predicted octanol–water partition coefficient (Wildman–Crippen LogP) is 4.33. The van der Waals surface area contributed by atoms with Crippen molar-refractivity contribution >= 4 is 23.2 Å². The number of rotatable bonds is 5. The largest absolute Gasteiger partial charge is 0.385 e. The normalized spacial score (nSPS) is 21.9. The summed E-state index contributed by atoms with van der Waals surface area (Å²) in [7, 11) is 0. The minimum absolute atomic E-state index is 0.0359. The lowest BCUT2D eigenvalue weighted by Gasteiger charge is -2.28. The van der Waals surface area contributed by atoms with Crippen molar-refractivity contribution in [2.24, 2.45) is 11.8 Å². The first-order chi connectivity index (χ1) is 10.1. The van der Waals surface area contributed by atoms with Gasteiger partial charge in [-0.1, -0.05) is 37.8 Å². The van der Waals surface area contributed by atoms with E-state index in [1.54, 1.807) is 12.1 Å². The van der Waals surface area contributed by atoms with E-state index in [1.807, 2.05) is 13.0 Å². The van der Waals surface area contributed by atoms with Crippen LogP contribution in [0, 0.1) is 11.8 Å². The van der Waals surface area contributed by atoms with Gasteiger partial charge in [0.25, 0.3) is 5.91 Å². The molecule has 0 spiro atoms. The fraction of sp³-hybridized carbons (Fsp3) is 0.588. The zero-order chi connectivity index (χ0) is 15.2. The summed E-state index contributed by atoms with van der Waals surface area (Å²) in [6.07, 6.45) is 5.10. The highest BCUT2D eigenvalue weighted by Crippen LogP contribution is 2.29. The minimum atomic E-state index is -0.0359. The summed E-state index contributed by atoms with van der Waals surface area (Å²) in [5, 5.41) is 6.89. The van der Waals surface area contributed by atoms with E-state index in [2.05, 4.69) is 17.6 Å². The second kappa shape index (κ2) is 7.69. The Balaban J connectivity index is 2.00. The molecular formula is C17H25ClN2O. The Hall–Kier alpha value is -1.22. The van der Waals surface area contributed by atoms with Crippen molar-refractivity contribution in [1.29, 1.82) is 0 Å². The Morgan fingerprint density at radius 1 is 1.33 bits per heavy atom. The summed E-state index contributed by atoms with van der Waals surface area (Å²) in [4.78, 5) is 12.4. The van der Waals surface area contributed by atoms with Crippen molar-refractivity contribution in [1.82, 2.24) is 5.32 Å². The van der Waals surface area contributed by atoms with E-state index in [-0.39, 0.29) is 5.91 Å². The van der Waals surface area contributed by atoms with Crippen LogP contribution in [0.15, 0.2) is 18.2 Å². The zero-order valence-corrected chi connectivity index (χ0v) is 13.7. The molecule has 21 heavy (non-hydrogen) atoms. The van der Waals surface area contributed by atoms with Gasteiger partial charge in [0, 0.05) is 23.8 Å². The van der Waals surface area contributed by atoms with Gasteiger partial charge in [-0.3, -0.25) is 4.79 Å². The van der Waals surface area contributed by atoms with Gasteiger partial charge < -0.3 is 10.6 Å². The zero-order valence-electron chi connectivity index (χ0n) is 12.9. The van der Waals surface area contributed by atoms with Gasteiger partial charge >= 0.3 is 0 Å². The van der Waals surface area contributed by atoms with Crippen LogP contribution >= 0.6 is 11.6 Å². The quantitative estimate of drug-likeness (QED) is 0.850. The van der Waals surface area contributed by atoms with Crippen LogP contribution in [0.5, 0.6) is 0 Å². The molecular weight excluding hydrogens is 284 g/mol. The van der Waals surface area contributed by atoms with Crippen LogP contribution in [-0.4, -0.2) is 19.0 Å². The summed E-state index contributed by atoms with van der Waals surface area (Å²) in [6.45, 7) is 5.85. The first kappa shape index (κ1) is 16.2. The Kier molecular flexibility index (Phi) is 5.92. The Labute approximate surface area is 132 Å². The van der Waals surface area contributed by atoms with Crippen molar-refractivity contribution in [3.05, 3.63) is 28.8 Å². The molecule has 0 radical (unpaired) electrons. The molecule has 1 aliphatic rings. The molecule has 1 fully saturated rings. The molecule has 0 aromatic heterocycles. The molecule has 116 valence electrons. The van der Waals surface area contributed by atoms with Crippen LogP contribution in [0.3, 0.4) is 0 Å². The highest BCUT2D eigenvalue weighted by atomic mass is 35.5. The second-order valence-electron chi connectivity index (χ2n) is 5.95. The number of hydrogen-bond donors (Lipinski definition) is 2. The number of amides is 1. The second-order valence-corrected chi connectivity index (χ2v) is 6.39. The molecule has 0 aliphatic heterocycles. The van der Waals surface area contributed by atoms with E-state index in [0.717, 1.165) is 18.8 Å². The SMILES string of the molecule is CCNc1ccc(Cl)cc1C(=O)NCC1CCCCC1C. The van der Waals surface area contributed by atoms with Gasteiger partial charge in [0.2, 0.25) is 0 Å². The molecule has 1 saturated carbocycles. The van der Waals surface area contributed by atoms with Crippen molar-refractivity contribution in [2.75, 3.05) is 18.4 Å². The summed E-state index contributed by atoms with van der Waals surface area (Å²) >= 11 is 6.03. The number of benzene rings is 1. The van der Waals surface area contributed by atoms with Gasteiger partial charge in [-0.15, -0.1) is 0 Å². The fourth-order valence-corrected chi connectivity index (χ4v) is 3.24. The van der Waals surface area contributed by atoms with Gasteiger partial charge in [0.15, 0.2) is 0 Å². The summed E-state index contributed by atoms with van der Waals surface area (Å²) in [5.74, 6) is 1.27. The number of halogens is 1.